The van der Waals surface area contributed by atoms with E-state index in [1.165, 1.54) is 0 Å². The molecule has 3 N–H and O–H groups in total. The Balaban J connectivity index is 4.42. The fourth-order valence-electron chi connectivity index (χ4n) is 3.20. The van der Waals surface area contributed by atoms with Gasteiger partial charge in [-0.1, -0.05) is 92.7 Å². The number of carboxylic acids is 1. The molecule has 0 saturated carbocycles. The van der Waals surface area contributed by atoms with Gasteiger partial charge in [0.15, 0.2) is 0 Å². The molecule has 0 aliphatic rings. The molecule has 0 aliphatic heterocycles. The highest BCUT2D eigenvalue weighted by Gasteiger charge is 2.29. The molecule has 2 atom stereocenters. The number of rotatable bonds is 19. The fraction of sp³-hybridized carbons (Fsp3) is 0.536. The van der Waals surface area contributed by atoms with Gasteiger partial charge in [0.1, 0.15) is 5.92 Å². The van der Waals surface area contributed by atoms with Gasteiger partial charge in [-0.3, -0.25) is 4.79 Å². The van der Waals surface area contributed by atoms with E-state index in [9.17, 15) is 15.0 Å². The quantitative estimate of drug-likeness (QED) is 0.194. The van der Waals surface area contributed by atoms with E-state index in [0.29, 0.717) is 12.8 Å². The highest BCUT2D eigenvalue weighted by Crippen LogP contribution is 2.24. The van der Waals surface area contributed by atoms with Crippen molar-refractivity contribution in [1.29, 1.82) is 0 Å². The molecule has 0 fully saturated rings. The van der Waals surface area contributed by atoms with Crippen molar-refractivity contribution in [3.8, 4) is 0 Å². The standard InChI is InChI=1S/C28H44O4/c1-3-5-7-8-9-10-11-12-13-14-15-16-17-18-19-20-22-25(21-6-4-2)27(28(31)32)26(30)23-24-29/h5,7,9-10,12-13,15-16,18-19,22,26-27,29-30H,3-4,6,8,11,14,17,20-21,23-24H2,1-2H3,(H,31,32)/b7-5-,10-9-,13-12-,16-15-,19-18-,25-22-/t26-,27-/m1/s1. The first kappa shape index (κ1) is 29.8. The summed E-state index contributed by atoms with van der Waals surface area (Å²) in [7, 11) is 0. The van der Waals surface area contributed by atoms with Crippen LogP contribution in [0.2, 0.25) is 0 Å². The first-order valence-corrected chi connectivity index (χ1v) is 12.0. The lowest BCUT2D eigenvalue weighted by Crippen LogP contribution is -2.30. The summed E-state index contributed by atoms with van der Waals surface area (Å²) in [5, 5.41) is 28.8. The Morgan fingerprint density at radius 2 is 1.25 bits per heavy atom. The molecule has 0 heterocycles. The normalized spacial score (nSPS) is 15.2. The van der Waals surface area contributed by atoms with Crippen LogP contribution in [0.5, 0.6) is 0 Å². The first-order valence-electron chi connectivity index (χ1n) is 12.0. The Kier molecular flexibility index (Phi) is 20.5. The zero-order chi connectivity index (χ0) is 23.9. The second-order valence-corrected chi connectivity index (χ2v) is 7.72. The van der Waals surface area contributed by atoms with Crippen molar-refractivity contribution in [2.75, 3.05) is 6.61 Å². The zero-order valence-electron chi connectivity index (χ0n) is 20.0. The van der Waals surface area contributed by atoms with Crippen molar-refractivity contribution in [3.63, 3.8) is 0 Å². The molecule has 0 aromatic heterocycles. The molecule has 0 spiro atoms. The number of allylic oxidation sites excluding steroid dienone is 11. The van der Waals surface area contributed by atoms with Crippen LogP contribution in [0.15, 0.2) is 72.4 Å². The Morgan fingerprint density at radius 1 is 0.781 bits per heavy atom. The molecule has 32 heavy (non-hydrogen) atoms. The number of hydrogen-bond donors (Lipinski definition) is 3. The van der Waals surface area contributed by atoms with Gasteiger partial charge in [-0.25, -0.2) is 0 Å². The van der Waals surface area contributed by atoms with E-state index < -0.39 is 18.0 Å². The predicted octanol–water partition coefficient (Wildman–Crippen LogP) is 6.69. The summed E-state index contributed by atoms with van der Waals surface area (Å²) >= 11 is 0. The second kappa shape index (κ2) is 22.0. The van der Waals surface area contributed by atoms with Crippen LogP contribution in [0, 0.1) is 5.92 Å². The number of unbranched alkanes of at least 4 members (excludes halogenated alkanes) is 1. The summed E-state index contributed by atoms with van der Waals surface area (Å²) in [4.78, 5) is 11.7. The third-order valence-electron chi connectivity index (χ3n) is 4.97. The molecule has 0 bridgehead atoms. The number of hydrogen-bond acceptors (Lipinski definition) is 3. The largest absolute Gasteiger partial charge is 0.481 e. The predicted molar refractivity (Wildman–Crippen MR) is 136 cm³/mol. The van der Waals surface area contributed by atoms with Gasteiger partial charge in [-0.05, 0) is 57.8 Å². The maximum atomic E-state index is 11.7. The number of carbonyl (C=O) groups is 1. The highest BCUT2D eigenvalue weighted by atomic mass is 16.4. The summed E-state index contributed by atoms with van der Waals surface area (Å²) in [5.41, 5.74) is 0.751. The van der Waals surface area contributed by atoms with Crippen LogP contribution in [0.1, 0.15) is 78.1 Å². The Labute approximate surface area is 195 Å². The second-order valence-electron chi connectivity index (χ2n) is 7.72. The third-order valence-corrected chi connectivity index (χ3v) is 4.97. The van der Waals surface area contributed by atoms with E-state index in [2.05, 4.69) is 68.5 Å². The number of aliphatic hydroxyl groups excluding tert-OH is 2. The van der Waals surface area contributed by atoms with Crippen molar-refractivity contribution in [2.45, 2.75) is 84.2 Å². The van der Waals surface area contributed by atoms with Crippen LogP contribution < -0.4 is 0 Å². The third kappa shape index (κ3) is 16.5. The summed E-state index contributed by atoms with van der Waals surface area (Å²) in [6, 6.07) is 0. The molecule has 0 rings (SSSR count). The zero-order valence-corrected chi connectivity index (χ0v) is 20.0. The van der Waals surface area contributed by atoms with E-state index in [-0.39, 0.29) is 13.0 Å². The first-order chi connectivity index (χ1) is 15.6. The van der Waals surface area contributed by atoms with E-state index in [1.807, 2.05) is 12.2 Å². The summed E-state index contributed by atoms with van der Waals surface area (Å²) in [5.74, 6) is -1.98. The molecular weight excluding hydrogens is 400 g/mol. The lowest BCUT2D eigenvalue weighted by atomic mass is 9.87. The monoisotopic (exact) mass is 444 g/mol. The summed E-state index contributed by atoms with van der Waals surface area (Å²) in [6.07, 6.45) is 30.3. The van der Waals surface area contributed by atoms with Crippen LogP contribution in [0.4, 0.5) is 0 Å². The van der Waals surface area contributed by atoms with E-state index in [4.69, 9.17) is 5.11 Å². The minimum atomic E-state index is -1.06. The molecule has 4 heteroatoms. The van der Waals surface area contributed by atoms with Crippen molar-refractivity contribution in [2.24, 2.45) is 5.92 Å². The van der Waals surface area contributed by atoms with Crippen molar-refractivity contribution in [1.82, 2.24) is 0 Å². The Hall–Kier alpha value is -2.17. The lowest BCUT2D eigenvalue weighted by Gasteiger charge is -2.21. The maximum absolute atomic E-state index is 11.7. The number of carboxylic acid groups (broad SMARTS) is 1. The summed E-state index contributed by atoms with van der Waals surface area (Å²) in [6.45, 7) is 3.97. The molecule has 0 aliphatic carbocycles. The molecule has 0 amide bonds. The number of aliphatic carboxylic acids is 1. The molecule has 180 valence electrons. The maximum Gasteiger partial charge on any atom is 0.313 e. The molecule has 4 nitrogen and oxygen atoms in total. The smallest absolute Gasteiger partial charge is 0.313 e. The van der Waals surface area contributed by atoms with Crippen molar-refractivity contribution >= 4 is 5.97 Å². The van der Waals surface area contributed by atoms with Gasteiger partial charge in [0.05, 0.1) is 6.10 Å². The SMILES string of the molecule is CC/C=C\C/C=C\C/C=C\C/C=C\C/C=C\C/C=C(/CCCC)[C@@H](C(=O)O)[C@H](O)CCO. The summed E-state index contributed by atoms with van der Waals surface area (Å²) < 4.78 is 0. The minimum Gasteiger partial charge on any atom is -0.481 e. The topological polar surface area (TPSA) is 77.8 Å². The van der Waals surface area contributed by atoms with Crippen molar-refractivity contribution in [3.05, 3.63) is 72.4 Å². The average molecular weight is 445 g/mol. The van der Waals surface area contributed by atoms with Gasteiger partial charge in [0.2, 0.25) is 0 Å². The molecule has 0 unspecified atom stereocenters. The Morgan fingerprint density at radius 3 is 1.66 bits per heavy atom. The van der Waals surface area contributed by atoms with Gasteiger partial charge in [-0.15, -0.1) is 0 Å². The van der Waals surface area contributed by atoms with E-state index in [1.54, 1.807) is 0 Å². The minimum absolute atomic E-state index is 0.0715. The fourth-order valence-corrected chi connectivity index (χ4v) is 3.20. The van der Waals surface area contributed by atoms with Crippen LogP contribution in [0.25, 0.3) is 0 Å². The van der Waals surface area contributed by atoms with Crippen LogP contribution >= 0.6 is 0 Å². The van der Waals surface area contributed by atoms with Crippen LogP contribution in [-0.4, -0.2) is 34.0 Å². The molecule has 0 saturated heterocycles. The molecule has 0 radical (unpaired) electrons. The van der Waals surface area contributed by atoms with Crippen LogP contribution in [0.3, 0.4) is 0 Å². The van der Waals surface area contributed by atoms with Gasteiger partial charge in [0, 0.05) is 6.61 Å². The molecule has 0 aromatic carbocycles. The molecular formula is C28H44O4. The van der Waals surface area contributed by atoms with Gasteiger partial charge < -0.3 is 15.3 Å². The lowest BCUT2D eigenvalue weighted by molar-refractivity contribution is -0.144. The number of aliphatic hydroxyl groups is 2. The highest BCUT2D eigenvalue weighted by molar-refractivity contribution is 5.74. The van der Waals surface area contributed by atoms with E-state index in [0.717, 1.165) is 50.5 Å². The average Bonchev–Trinajstić information content (AvgIpc) is 2.76. The van der Waals surface area contributed by atoms with Gasteiger partial charge in [0.25, 0.3) is 0 Å². The van der Waals surface area contributed by atoms with Crippen LogP contribution in [-0.2, 0) is 4.79 Å². The Bertz CT molecular complexity index is 638. The van der Waals surface area contributed by atoms with Crippen molar-refractivity contribution < 1.29 is 20.1 Å². The van der Waals surface area contributed by atoms with E-state index >= 15 is 0 Å². The van der Waals surface area contributed by atoms with Gasteiger partial charge >= 0.3 is 5.97 Å². The van der Waals surface area contributed by atoms with Gasteiger partial charge in [-0.2, -0.15) is 0 Å². The molecule has 0 aromatic rings.